The molecule has 1 aromatic carbocycles. The summed E-state index contributed by atoms with van der Waals surface area (Å²) in [4.78, 5) is 9.12. The lowest BCUT2D eigenvalue weighted by molar-refractivity contribution is 0.108. The number of aliphatic hydroxyl groups excluding tert-OH is 1. The van der Waals surface area contributed by atoms with Crippen LogP contribution in [0.5, 0.6) is 5.75 Å². The summed E-state index contributed by atoms with van der Waals surface area (Å²) in [5.41, 5.74) is 2.95. The molecule has 0 saturated heterocycles. The SMILES string of the molecule is CNCC(O)COc1cccc(-c2cc(Nc3ccccn3)c(C=N)c(NC(C)C)n2)c1. The topological polar surface area (TPSA) is 115 Å². The van der Waals surface area contributed by atoms with E-state index in [2.05, 4.69) is 20.9 Å². The molecule has 2 aromatic heterocycles. The van der Waals surface area contributed by atoms with Crippen LogP contribution in [-0.4, -0.2) is 53.6 Å². The van der Waals surface area contributed by atoms with Gasteiger partial charge in [0, 0.05) is 30.6 Å². The number of hydrogen-bond donors (Lipinski definition) is 5. The van der Waals surface area contributed by atoms with Crippen LogP contribution in [-0.2, 0) is 0 Å². The second kappa shape index (κ2) is 11.2. The van der Waals surface area contributed by atoms with E-state index < -0.39 is 6.10 Å². The van der Waals surface area contributed by atoms with Crippen molar-refractivity contribution in [2.75, 3.05) is 30.8 Å². The van der Waals surface area contributed by atoms with Gasteiger partial charge in [0.25, 0.3) is 0 Å². The Morgan fingerprint density at radius 2 is 2.00 bits per heavy atom. The number of likely N-dealkylation sites (N-methyl/N-ethyl adjacent to an activating group) is 1. The Morgan fingerprint density at radius 3 is 2.69 bits per heavy atom. The van der Waals surface area contributed by atoms with Crippen LogP contribution in [0.4, 0.5) is 17.3 Å². The maximum absolute atomic E-state index is 9.91. The first-order valence-electron chi connectivity index (χ1n) is 10.6. The summed E-state index contributed by atoms with van der Waals surface area (Å²) >= 11 is 0. The lowest BCUT2D eigenvalue weighted by Gasteiger charge is -2.18. The van der Waals surface area contributed by atoms with E-state index in [0.29, 0.717) is 29.5 Å². The number of ether oxygens (including phenoxy) is 1. The van der Waals surface area contributed by atoms with Gasteiger partial charge in [0.1, 0.15) is 30.1 Å². The molecule has 168 valence electrons. The van der Waals surface area contributed by atoms with Gasteiger partial charge in [-0.05, 0) is 51.2 Å². The summed E-state index contributed by atoms with van der Waals surface area (Å²) in [7, 11) is 1.78. The number of benzene rings is 1. The number of hydrogen-bond acceptors (Lipinski definition) is 8. The number of pyridine rings is 2. The van der Waals surface area contributed by atoms with E-state index >= 15 is 0 Å². The summed E-state index contributed by atoms with van der Waals surface area (Å²) in [5, 5.41) is 27.4. The molecule has 1 atom stereocenters. The molecule has 32 heavy (non-hydrogen) atoms. The molecule has 0 aliphatic rings. The third kappa shape index (κ3) is 6.26. The fraction of sp³-hybridized carbons (Fsp3) is 0.292. The Bertz CT molecular complexity index is 1030. The monoisotopic (exact) mass is 434 g/mol. The van der Waals surface area contributed by atoms with Gasteiger partial charge in [0.2, 0.25) is 0 Å². The van der Waals surface area contributed by atoms with Gasteiger partial charge >= 0.3 is 0 Å². The molecular weight excluding hydrogens is 404 g/mol. The maximum atomic E-state index is 9.91. The zero-order valence-electron chi connectivity index (χ0n) is 18.6. The van der Waals surface area contributed by atoms with Gasteiger partial charge in [0.15, 0.2) is 0 Å². The number of aliphatic hydroxyl groups is 1. The number of nitrogens with one attached hydrogen (secondary N) is 4. The van der Waals surface area contributed by atoms with Crippen molar-refractivity contribution in [2.24, 2.45) is 0 Å². The van der Waals surface area contributed by atoms with Crippen LogP contribution in [0.15, 0.2) is 54.7 Å². The Balaban J connectivity index is 1.97. The van der Waals surface area contributed by atoms with Gasteiger partial charge < -0.3 is 31.2 Å². The van der Waals surface area contributed by atoms with Gasteiger partial charge in [0.05, 0.1) is 16.9 Å². The lowest BCUT2D eigenvalue weighted by Crippen LogP contribution is -2.29. The summed E-state index contributed by atoms with van der Waals surface area (Å²) in [6.07, 6.45) is 2.41. The normalized spacial score (nSPS) is 11.8. The van der Waals surface area contributed by atoms with Crippen LogP contribution in [0.2, 0.25) is 0 Å². The quantitative estimate of drug-likeness (QED) is 0.293. The van der Waals surface area contributed by atoms with E-state index in [-0.39, 0.29) is 12.6 Å². The van der Waals surface area contributed by atoms with Crippen LogP contribution in [0.3, 0.4) is 0 Å². The molecule has 0 amide bonds. The van der Waals surface area contributed by atoms with Crippen molar-refractivity contribution in [1.82, 2.24) is 15.3 Å². The molecule has 0 fully saturated rings. The Morgan fingerprint density at radius 1 is 1.16 bits per heavy atom. The maximum Gasteiger partial charge on any atom is 0.137 e. The third-order valence-corrected chi connectivity index (χ3v) is 4.57. The van der Waals surface area contributed by atoms with Gasteiger partial charge in [-0.1, -0.05) is 18.2 Å². The molecule has 0 aliphatic heterocycles. The fourth-order valence-electron chi connectivity index (χ4n) is 3.14. The lowest BCUT2D eigenvalue weighted by atomic mass is 10.1. The smallest absolute Gasteiger partial charge is 0.137 e. The predicted molar refractivity (Wildman–Crippen MR) is 129 cm³/mol. The van der Waals surface area contributed by atoms with E-state index in [1.807, 2.05) is 62.4 Å². The molecule has 0 bridgehead atoms. The standard InChI is InChI=1S/C24H30N6O2/c1-16(2)28-24-20(13-25)22(29-23-9-4-5-10-27-23)12-21(30-24)17-7-6-8-19(11-17)32-15-18(31)14-26-3/h4-13,16,18,25-26,31H,14-15H2,1-3H3,(H2,27,28,29,30). The van der Waals surface area contributed by atoms with E-state index in [9.17, 15) is 5.11 Å². The molecule has 1 unspecified atom stereocenters. The van der Waals surface area contributed by atoms with Gasteiger partial charge in [-0.15, -0.1) is 0 Å². The second-order valence-electron chi connectivity index (χ2n) is 7.65. The van der Waals surface area contributed by atoms with Crippen molar-refractivity contribution in [2.45, 2.75) is 26.0 Å². The highest BCUT2D eigenvalue weighted by atomic mass is 16.5. The molecule has 5 N–H and O–H groups in total. The Labute approximate surface area is 188 Å². The molecule has 8 nitrogen and oxygen atoms in total. The van der Waals surface area contributed by atoms with Gasteiger partial charge in [-0.25, -0.2) is 9.97 Å². The third-order valence-electron chi connectivity index (χ3n) is 4.57. The van der Waals surface area contributed by atoms with E-state index in [4.69, 9.17) is 15.1 Å². The largest absolute Gasteiger partial charge is 0.491 e. The van der Waals surface area contributed by atoms with Crippen molar-refractivity contribution in [1.29, 1.82) is 5.41 Å². The van der Waals surface area contributed by atoms with Crippen LogP contribution in [0.1, 0.15) is 19.4 Å². The minimum atomic E-state index is -0.593. The minimum Gasteiger partial charge on any atom is -0.491 e. The zero-order valence-corrected chi connectivity index (χ0v) is 18.6. The van der Waals surface area contributed by atoms with Crippen LogP contribution >= 0.6 is 0 Å². The molecular formula is C24H30N6O2. The van der Waals surface area contributed by atoms with Crippen molar-refractivity contribution in [3.63, 3.8) is 0 Å². The molecule has 0 aliphatic carbocycles. The number of nitrogens with zero attached hydrogens (tertiary/aromatic N) is 2. The number of anilines is 3. The average molecular weight is 435 g/mol. The average Bonchev–Trinajstić information content (AvgIpc) is 2.78. The van der Waals surface area contributed by atoms with Crippen LogP contribution in [0.25, 0.3) is 11.3 Å². The van der Waals surface area contributed by atoms with E-state index in [1.165, 1.54) is 6.21 Å². The van der Waals surface area contributed by atoms with Crippen molar-refractivity contribution in [3.8, 4) is 17.0 Å². The summed E-state index contributed by atoms with van der Waals surface area (Å²) in [5.74, 6) is 1.94. The van der Waals surface area contributed by atoms with Crippen molar-refractivity contribution in [3.05, 3.63) is 60.3 Å². The highest BCUT2D eigenvalue weighted by Crippen LogP contribution is 2.31. The molecule has 3 rings (SSSR count). The molecule has 0 spiro atoms. The summed E-state index contributed by atoms with van der Waals surface area (Å²) in [6.45, 7) is 4.70. The minimum absolute atomic E-state index is 0.141. The molecule has 8 heteroatoms. The molecule has 2 heterocycles. The second-order valence-corrected chi connectivity index (χ2v) is 7.65. The van der Waals surface area contributed by atoms with Crippen molar-refractivity contribution >= 4 is 23.5 Å². The van der Waals surface area contributed by atoms with Crippen molar-refractivity contribution < 1.29 is 9.84 Å². The van der Waals surface area contributed by atoms with Gasteiger partial charge in [-0.3, -0.25) is 0 Å². The molecule has 0 saturated carbocycles. The summed E-state index contributed by atoms with van der Waals surface area (Å²) in [6, 6.07) is 15.2. The zero-order chi connectivity index (χ0) is 22.9. The first kappa shape index (κ1) is 23.2. The van der Waals surface area contributed by atoms with Crippen LogP contribution < -0.4 is 20.7 Å². The number of aromatic nitrogens is 2. The first-order valence-corrected chi connectivity index (χ1v) is 10.6. The number of rotatable bonds is 11. The highest BCUT2D eigenvalue weighted by molar-refractivity contribution is 5.94. The molecule has 0 radical (unpaired) electrons. The van der Waals surface area contributed by atoms with E-state index in [0.717, 1.165) is 16.9 Å². The first-order chi connectivity index (χ1) is 15.5. The molecule has 3 aromatic rings. The summed E-state index contributed by atoms with van der Waals surface area (Å²) < 4.78 is 5.75. The van der Waals surface area contributed by atoms with Crippen LogP contribution in [0, 0.1) is 5.41 Å². The predicted octanol–water partition coefficient (Wildman–Crippen LogP) is 3.66. The van der Waals surface area contributed by atoms with E-state index in [1.54, 1.807) is 13.2 Å². The Hall–Kier alpha value is -3.49. The van der Waals surface area contributed by atoms with Gasteiger partial charge in [-0.2, -0.15) is 0 Å². The Kier molecular flexibility index (Phi) is 8.13. The fourth-order valence-corrected chi connectivity index (χ4v) is 3.14. The highest BCUT2D eigenvalue weighted by Gasteiger charge is 2.15.